The molecule has 92 valence electrons. The van der Waals surface area contributed by atoms with E-state index >= 15 is 0 Å². The van der Waals surface area contributed by atoms with Crippen molar-refractivity contribution in [1.29, 1.82) is 5.26 Å². The summed E-state index contributed by atoms with van der Waals surface area (Å²) in [7, 11) is 0. The summed E-state index contributed by atoms with van der Waals surface area (Å²) >= 11 is -1.33. The molecule has 0 aliphatic carbocycles. The molecule has 6 heteroatoms. The van der Waals surface area contributed by atoms with Gasteiger partial charge in [0.2, 0.25) is 0 Å². The Balaban J connectivity index is 2.19. The van der Waals surface area contributed by atoms with Crippen LogP contribution in [0.25, 0.3) is 11.3 Å². The number of aromatic nitrogens is 1. The van der Waals surface area contributed by atoms with Gasteiger partial charge in [0.05, 0.1) is 11.6 Å². The van der Waals surface area contributed by atoms with Gasteiger partial charge >= 0.3 is 0 Å². The Bertz CT molecular complexity index is 616. The molecular formula is C12H10N2O3S. The molecule has 0 saturated heterocycles. The second kappa shape index (κ2) is 5.58. The standard InChI is InChI=1S/C12H10N2O3S/c1-18(15)16-8-11-6-12(17-14-11)10-4-2-3-9(5-10)7-13/h2-6H,8H2,1H3. The Morgan fingerprint density at radius 3 is 3.06 bits per heavy atom. The average Bonchev–Trinajstić information content (AvgIpc) is 2.85. The Morgan fingerprint density at radius 1 is 1.50 bits per heavy atom. The van der Waals surface area contributed by atoms with E-state index < -0.39 is 11.1 Å². The molecule has 2 aromatic rings. The van der Waals surface area contributed by atoms with Crippen molar-refractivity contribution in [2.45, 2.75) is 6.61 Å². The molecule has 0 saturated carbocycles. The highest BCUT2D eigenvalue weighted by Gasteiger charge is 2.08. The fraction of sp³-hybridized carbons (Fsp3) is 0.167. The first kappa shape index (κ1) is 12.5. The highest BCUT2D eigenvalue weighted by molar-refractivity contribution is 7.79. The van der Waals surface area contributed by atoms with Gasteiger partial charge in [0, 0.05) is 17.9 Å². The third-order valence-electron chi connectivity index (χ3n) is 2.21. The van der Waals surface area contributed by atoms with E-state index in [2.05, 4.69) is 11.2 Å². The van der Waals surface area contributed by atoms with E-state index in [1.165, 1.54) is 6.26 Å². The zero-order valence-corrected chi connectivity index (χ0v) is 10.4. The quantitative estimate of drug-likeness (QED) is 0.842. The molecule has 1 aromatic heterocycles. The minimum absolute atomic E-state index is 0.130. The Hall–Kier alpha value is -1.97. The molecule has 1 aromatic carbocycles. The van der Waals surface area contributed by atoms with Crippen molar-refractivity contribution in [3.05, 3.63) is 41.6 Å². The van der Waals surface area contributed by atoms with Crippen LogP contribution in [-0.2, 0) is 21.9 Å². The largest absolute Gasteiger partial charge is 0.356 e. The Morgan fingerprint density at radius 2 is 2.33 bits per heavy atom. The number of hydrogen-bond donors (Lipinski definition) is 0. The predicted octanol–water partition coefficient (Wildman–Crippen LogP) is 2.02. The summed E-state index contributed by atoms with van der Waals surface area (Å²) in [6, 6.07) is 10.8. The summed E-state index contributed by atoms with van der Waals surface area (Å²) in [6.07, 6.45) is 1.44. The third kappa shape index (κ3) is 3.03. The van der Waals surface area contributed by atoms with Crippen LogP contribution in [0.5, 0.6) is 0 Å². The van der Waals surface area contributed by atoms with Crippen LogP contribution in [0.2, 0.25) is 0 Å². The lowest BCUT2D eigenvalue weighted by atomic mass is 10.1. The van der Waals surface area contributed by atoms with Gasteiger partial charge in [-0.25, -0.2) is 4.21 Å². The summed E-state index contributed by atoms with van der Waals surface area (Å²) < 4.78 is 20.8. The van der Waals surface area contributed by atoms with Crippen LogP contribution in [0.15, 0.2) is 34.9 Å². The van der Waals surface area contributed by atoms with Gasteiger partial charge in [-0.15, -0.1) is 0 Å². The molecule has 0 fully saturated rings. The second-order valence-electron chi connectivity index (χ2n) is 3.54. The smallest absolute Gasteiger partial charge is 0.167 e. The average molecular weight is 262 g/mol. The van der Waals surface area contributed by atoms with Crippen LogP contribution < -0.4 is 0 Å². The van der Waals surface area contributed by atoms with E-state index in [1.807, 2.05) is 6.07 Å². The van der Waals surface area contributed by atoms with Crippen molar-refractivity contribution in [3.8, 4) is 17.4 Å². The molecule has 0 N–H and O–H groups in total. The van der Waals surface area contributed by atoms with Gasteiger partial charge < -0.3 is 4.52 Å². The zero-order valence-electron chi connectivity index (χ0n) is 9.62. The third-order valence-corrected chi connectivity index (χ3v) is 2.66. The molecule has 2 rings (SSSR count). The SMILES string of the molecule is CS(=O)OCc1cc(-c2cccc(C#N)c2)on1. The van der Waals surface area contributed by atoms with E-state index in [9.17, 15) is 4.21 Å². The summed E-state index contributed by atoms with van der Waals surface area (Å²) in [5, 5.41) is 12.6. The molecule has 1 unspecified atom stereocenters. The van der Waals surface area contributed by atoms with Crippen molar-refractivity contribution in [2.24, 2.45) is 0 Å². The van der Waals surface area contributed by atoms with Gasteiger partial charge in [-0.05, 0) is 12.1 Å². The van der Waals surface area contributed by atoms with Gasteiger partial charge in [0.15, 0.2) is 16.8 Å². The monoisotopic (exact) mass is 262 g/mol. The Labute approximate surface area is 107 Å². The molecule has 0 amide bonds. The molecule has 0 bridgehead atoms. The lowest BCUT2D eigenvalue weighted by Gasteiger charge is -1.95. The van der Waals surface area contributed by atoms with E-state index in [-0.39, 0.29) is 6.61 Å². The first-order valence-corrected chi connectivity index (χ1v) is 6.60. The van der Waals surface area contributed by atoms with E-state index in [1.54, 1.807) is 24.3 Å². The Kier molecular flexibility index (Phi) is 3.87. The lowest BCUT2D eigenvalue weighted by molar-refractivity contribution is 0.319. The summed E-state index contributed by atoms with van der Waals surface area (Å²) in [5.74, 6) is 0.549. The number of nitriles is 1. The molecule has 18 heavy (non-hydrogen) atoms. The van der Waals surface area contributed by atoms with Gasteiger partial charge in [0.25, 0.3) is 0 Å². The van der Waals surface area contributed by atoms with Crippen molar-refractivity contribution in [2.75, 3.05) is 6.26 Å². The zero-order chi connectivity index (χ0) is 13.0. The number of benzene rings is 1. The van der Waals surface area contributed by atoms with Crippen molar-refractivity contribution >= 4 is 11.1 Å². The van der Waals surface area contributed by atoms with E-state index in [0.717, 1.165) is 5.56 Å². The molecule has 0 spiro atoms. The first-order chi connectivity index (χ1) is 8.69. The number of rotatable bonds is 4. The van der Waals surface area contributed by atoms with Crippen LogP contribution in [0.4, 0.5) is 0 Å². The lowest BCUT2D eigenvalue weighted by Crippen LogP contribution is -1.94. The van der Waals surface area contributed by atoms with E-state index in [0.29, 0.717) is 17.0 Å². The van der Waals surface area contributed by atoms with Gasteiger partial charge in [-0.2, -0.15) is 5.26 Å². The highest BCUT2D eigenvalue weighted by Crippen LogP contribution is 2.21. The molecule has 0 aliphatic rings. The molecule has 1 atom stereocenters. The van der Waals surface area contributed by atoms with Gasteiger partial charge in [0.1, 0.15) is 12.3 Å². The minimum atomic E-state index is -1.33. The molecule has 0 radical (unpaired) electrons. The van der Waals surface area contributed by atoms with Gasteiger partial charge in [-0.1, -0.05) is 17.3 Å². The van der Waals surface area contributed by atoms with Gasteiger partial charge in [-0.3, -0.25) is 4.18 Å². The fourth-order valence-corrected chi connectivity index (χ4v) is 1.69. The van der Waals surface area contributed by atoms with Crippen molar-refractivity contribution in [3.63, 3.8) is 0 Å². The maximum atomic E-state index is 10.8. The normalized spacial score (nSPS) is 12.0. The maximum absolute atomic E-state index is 10.8. The number of nitrogens with zero attached hydrogens (tertiary/aromatic N) is 2. The molecular weight excluding hydrogens is 252 g/mol. The maximum Gasteiger partial charge on any atom is 0.167 e. The van der Waals surface area contributed by atoms with Crippen molar-refractivity contribution < 1.29 is 12.9 Å². The van der Waals surface area contributed by atoms with Crippen LogP contribution in [0.1, 0.15) is 11.3 Å². The van der Waals surface area contributed by atoms with Crippen molar-refractivity contribution in [1.82, 2.24) is 5.16 Å². The summed E-state index contributed by atoms with van der Waals surface area (Å²) in [4.78, 5) is 0. The fourth-order valence-electron chi connectivity index (χ4n) is 1.40. The molecule has 1 heterocycles. The topological polar surface area (TPSA) is 76.1 Å². The van der Waals surface area contributed by atoms with Crippen LogP contribution in [-0.4, -0.2) is 15.6 Å². The van der Waals surface area contributed by atoms with Crippen LogP contribution >= 0.6 is 0 Å². The molecule has 0 aliphatic heterocycles. The first-order valence-electron chi connectivity index (χ1n) is 5.12. The van der Waals surface area contributed by atoms with Crippen LogP contribution in [0.3, 0.4) is 0 Å². The second-order valence-corrected chi connectivity index (χ2v) is 4.58. The van der Waals surface area contributed by atoms with E-state index in [4.69, 9.17) is 14.0 Å². The highest BCUT2D eigenvalue weighted by atomic mass is 32.2. The van der Waals surface area contributed by atoms with Crippen LogP contribution in [0, 0.1) is 11.3 Å². The predicted molar refractivity (Wildman–Crippen MR) is 65.5 cm³/mol. The minimum Gasteiger partial charge on any atom is -0.356 e. The summed E-state index contributed by atoms with van der Waals surface area (Å²) in [6.45, 7) is 0.130. The molecule has 5 nitrogen and oxygen atoms in total. The number of hydrogen-bond acceptors (Lipinski definition) is 5. The summed E-state index contributed by atoms with van der Waals surface area (Å²) in [5.41, 5.74) is 1.88.